The minimum atomic E-state index is -1.13. The van der Waals surface area contributed by atoms with Gasteiger partial charge < -0.3 is 5.32 Å². The molecule has 6 heteroatoms. The molecule has 0 heterocycles. The minimum absolute atomic E-state index is 0.492. The summed E-state index contributed by atoms with van der Waals surface area (Å²) < 4.78 is 27.2. The molecule has 0 aliphatic carbocycles. The lowest BCUT2D eigenvalue weighted by Gasteiger charge is -2.09. The van der Waals surface area contributed by atoms with E-state index < -0.39 is 29.1 Å². The molecule has 0 fully saturated rings. The Kier molecular flexibility index (Phi) is 8.59. The predicted molar refractivity (Wildman–Crippen MR) is 106 cm³/mol. The highest BCUT2D eigenvalue weighted by Gasteiger charge is 2.19. The number of amides is 3. The molecule has 0 spiro atoms. The molecule has 0 atom stereocenters. The Bertz CT molecular complexity index is 771. The standard InChI is InChI=1S/C22H26F2N2O2/c1-2-3-4-5-6-7-9-16-12-14-17(15-13-16)25-22(28)26-21(27)20-18(23)10-8-11-19(20)24/h8,10-15H,2-7,9H2,1H3,(H2,25,26,27,28). The van der Waals surface area contributed by atoms with Crippen LogP contribution in [0.15, 0.2) is 42.5 Å². The van der Waals surface area contributed by atoms with Crippen molar-refractivity contribution in [3.05, 3.63) is 65.2 Å². The predicted octanol–water partition coefficient (Wildman–Crippen LogP) is 5.83. The second kappa shape index (κ2) is 11.2. The number of anilines is 1. The fraction of sp³-hybridized carbons (Fsp3) is 0.364. The fourth-order valence-electron chi connectivity index (χ4n) is 2.91. The van der Waals surface area contributed by atoms with E-state index >= 15 is 0 Å². The normalized spacial score (nSPS) is 10.5. The van der Waals surface area contributed by atoms with E-state index in [1.807, 2.05) is 17.4 Å². The van der Waals surface area contributed by atoms with Gasteiger partial charge in [0.1, 0.15) is 17.2 Å². The Hall–Kier alpha value is -2.76. The van der Waals surface area contributed by atoms with Gasteiger partial charge in [-0.2, -0.15) is 0 Å². The summed E-state index contributed by atoms with van der Waals surface area (Å²) in [6.07, 6.45) is 8.37. The van der Waals surface area contributed by atoms with Crippen molar-refractivity contribution in [3.63, 3.8) is 0 Å². The smallest absolute Gasteiger partial charge is 0.308 e. The summed E-state index contributed by atoms with van der Waals surface area (Å²) in [5.41, 5.74) is 0.879. The maximum absolute atomic E-state index is 13.6. The van der Waals surface area contributed by atoms with Crippen molar-refractivity contribution in [3.8, 4) is 0 Å². The second-order valence-electron chi connectivity index (χ2n) is 6.72. The number of halogens is 2. The average Bonchev–Trinajstić information content (AvgIpc) is 2.65. The third-order valence-corrected chi connectivity index (χ3v) is 4.45. The Morgan fingerprint density at radius 1 is 0.857 bits per heavy atom. The molecule has 0 aliphatic heterocycles. The van der Waals surface area contributed by atoms with E-state index in [2.05, 4.69) is 12.2 Å². The van der Waals surface area contributed by atoms with Gasteiger partial charge >= 0.3 is 6.03 Å². The quantitative estimate of drug-likeness (QED) is 0.531. The number of carbonyl (C=O) groups is 2. The van der Waals surface area contributed by atoms with Crippen molar-refractivity contribution in [2.24, 2.45) is 0 Å². The molecule has 150 valence electrons. The Morgan fingerprint density at radius 3 is 2.11 bits per heavy atom. The van der Waals surface area contributed by atoms with E-state index in [-0.39, 0.29) is 0 Å². The molecule has 2 aromatic carbocycles. The number of benzene rings is 2. The molecule has 0 aromatic heterocycles. The minimum Gasteiger partial charge on any atom is -0.308 e. The van der Waals surface area contributed by atoms with Gasteiger partial charge in [0.2, 0.25) is 0 Å². The van der Waals surface area contributed by atoms with Crippen LogP contribution in [0.2, 0.25) is 0 Å². The molecule has 0 unspecified atom stereocenters. The van der Waals surface area contributed by atoms with Crippen LogP contribution < -0.4 is 10.6 Å². The third kappa shape index (κ3) is 6.76. The topological polar surface area (TPSA) is 58.2 Å². The molecular formula is C22H26F2N2O2. The summed E-state index contributed by atoms with van der Waals surface area (Å²) in [5.74, 6) is -3.18. The molecule has 2 rings (SSSR count). The molecule has 0 radical (unpaired) electrons. The maximum atomic E-state index is 13.6. The summed E-state index contributed by atoms with van der Waals surface area (Å²) in [6.45, 7) is 2.20. The SMILES string of the molecule is CCCCCCCCc1ccc(NC(=O)NC(=O)c2c(F)cccc2F)cc1. The number of hydrogen-bond donors (Lipinski definition) is 2. The monoisotopic (exact) mass is 388 g/mol. The van der Waals surface area contributed by atoms with Gasteiger partial charge in [-0.25, -0.2) is 13.6 Å². The maximum Gasteiger partial charge on any atom is 0.326 e. The number of unbranched alkanes of at least 4 members (excludes halogenated alkanes) is 5. The molecular weight excluding hydrogens is 362 g/mol. The van der Waals surface area contributed by atoms with Crippen molar-refractivity contribution in [1.29, 1.82) is 0 Å². The number of imide groups is 1. The van der Waals surface area contributed by atoms with Gasteiger partial charge in [0, 0.05) is 5.69 Å². The van der Waals surface area contributed by atoms with E-state index in [0.29, 0.717) is 5.69 Å². The van der Waals surface area contributed by atoms with Gasteiger partial charge in [-0.3, -0.25) is 10.1 Å². The lowest BCUT2D eigenvalue weighted by atomic mass is 10.0. The molecule has 0 bridgehead atoms. The fourth-order valence-corrected chi connectivity index (χ4v) is 2.91. The van der Waals surface area contributed by atoms with E-state index in [1.165, 1.54) is 37.7 Å². The van der Waals surface area contributed by atoms with Crippen LogP contribution >= 0.6 is 0 Å². The Labute approximate surface area is 164 Å². The van der Waals surface area contributed by atoms with E-state index in [9.17, 15) is 18.4 Å². The highest BCUT2D eigenvalue weighted by molar-refractivity contribution is 6.08. The summed E-state index contributed by atoms with van der Waals surface area (Å²) in [7, 11) is 0. The van der Waals surface area contributed by atoms with Gasteiger partial charge in [0.25, 0.3) is 5.91 Å². The molecule has 0 saturated carbocycles. The summed E-state index contributed by atoms with van der Waals surface area (Å²) >= 11 is 0. The van der Waals surface area contributed by atoms with E-state index in [0.717, 1.165) is 31.0 Å². The van der Waals surface area contributed by atoms with Crippen molar-refractivity contribution in [2.45, 2.75) is 51.9 Å². The molecule has 28 heavy (non-hydrogen) atoms. The number of hydrogen-bond acceptors (Lipinski definition) is 2. The molecule has 0 saturated heterocycles. The third-order valence-electron chi connectivity index (χ3n) is 4.45. The zero-order chi connectivity index (χ0) is 20.4. The number of rotatable bonds is 9. The van der Waals surface area contributed by atoms with Crippen LogP contribution in [0.3, 0.4) is 0 Å². The highest BCUT2D eigenvalue weighted by Crippen LogP contribution is 2.14. The van der Waals surface area contributed by atoms with Crippen molar-refractivity contribution >= 4 is 17.6 Å². The molecule has 2 aromatic rings. The van der Waals surface area contributed by atoms with Crippen molar-refractivity contribution < 1.29 is 18.4 Å². The van der Waals surface area contributed by atoms with Crippen molar-refractivity contribution in [2.75, 3.05) is 5.32 Å². The van der Waals surface area contributed by atoms with Crippen LogP contribution in [0.1, 0.15) is 61.4 Å². The Balaban J connectivity index is 1.80. The van der Waals surface area contributed by atoms with Crippen LogP contribution in [0, 0.1) is 11.6 Å². The second-order valence-corrected chi connectivity index (χ2v) is 6.72. The Morgan fingerprint density at radius 2 is 1.46 bits per heavy atom. The van der Waals surface area contributed by atoms with Gasteiger partial charge in [-0.1, -0.05) is 57.2 Å². The number of nitrogens with one attached hydrogen (secondary N) is 2. The first kappa shape index (κ1) is 21.5. The zero-order valence-corrected chi connectivity index (χ0v) is 16.1. The first-order valence-electron chi connectivity index (χ1n) is 9.66. The van der Waals surface area contributed by atoms with Gasteiger partial charge in [0.05, 0.1) is 0 Å². The lowest BCUT2D eigenvalue weighted by molar-refractivity contribution is 0.0959. The summed E-state index contributed by atoms with van der Waals surface area (Å²) in [5, 5.41) is 4.41. The van der Waals surface area contributed by atoms with Gasteiger partial charge in [-0.05, 0) is 42.7 Å². The van der Waals surface area contributed by atoms with E-state index in [1.54, 1.807) is 12.1 Å². The van der Waals surface area contributed by atoms with Crippen LogP contribution in [0.25, 0.3) is 0 Å². The van der Waals surface area contributed by atoms with E-state index in [4.69, 9.17) is 0 Å². The molecule has 4 nitrogen and oxygen atoms in total. The number of urea groups is 1. The largest absolute Gasteiger partial charge is 0.326 e. The number of carbonyl (C=O) groups excluding carboxylic acids is 2. The summed E-state index contributed by atoms with van der Waals surface area (Å²) in [6, 6.07) is 9.52. The van der Waals surface area contributed by atoms with Crippen LogP contribution in [0.5, 0.6) is 0 Å². The van der Waals surface area contributed by atoms with Crippen LogP contribution in [-0.4, -0.2) is 11.9 Å². The number of aryl methyl sites for hydroxylation is 1. The first-order chi connectivity index (χ1) is 13.5. The molecule has 2 N–H and O–H groups in total. The highest BCUT2D eigenvalue weighted by atomic mass is 19.1. The summed E-state index contributed by atoms with van der Waals surface area (Å²) in [4.78, 5) is 23.8. The lowest BCUT2D eigenvalue weighted by Crippen LogP contribution is -2.35. The molecule has 3 amide bonds. The average molecular weight is 388 g/mol. The van der Waals surface area contributed by atoms with Gasteiger partial charge in [0.15, 0.2) is 0 Å². The zero-order valence-electron chi connectivity index (χ0n) is 16.1. The van der Waals surface area contributed by atoms with Crippen LogP contribution in [-0.2, 0) is 6.42 Å². The van der Waals surface area contributed by atoms with Crippen LogP contribution in [0.4, 0.5) is 19.3 Å². The van der Waals surface area contributed by atoms with Gasteiger partial charge in [-0.15, -0.1) is 0 Å². The van der Waals surface area contributed by atoms with Crippen molar-refractivity contribution in [1.82, 2.24) is 5.32 Å². The molecule has 0 aliphatic rings. The first-order valence-corrected chi connectivity index (χ1v) is 9.66.